The van der Waals surface area contributed by atoms with Crippen molar-refractivity contribution < 1.29 is 19.4 Å². The first-order chi connectivity index (χ1) is 7.75. The monoisotopic (exact) mass is 222 g/mol. The first-order valence-electron chi connectivity index (χ1n) is 5.54. The van der Waals surface area contributed by atoms with Crippen molar-refractivity contribution in [3.05, 3.63) is 24.3 Å². The molecule has 1 saturated carbocycles. The molecule has 0 unspecified atom stereocenters. The molecule has 0 aromatic heterocycles. The van der Waals surface area contributed by atoms with Crippen LogP contribution in [-0.2, 0) is 0 Å². The topological polar surface area (TPSA) is 58.9 Å². The van der Waals surface area contributed by atoms with Gasteiger partial charge in [0.2, 0.25) is 0 Å². The molecule has 0 atom stereocenters. The van der Waals surface area contributed by atoms with Gasteiger partial charge in [-0.2, -0.15) is 0 Å². The van der Waals surface area contributed by atoms with E-state index in [9.17, 15) is 0 Å². The second kappa shape index (κ2) is 5.23. The smallest absolute Gasteiger partial charge is 0.509 e. The summed E-state index contributed by atoms with van der Waals surface area (Å²) in [7, 11) is -1.81. The summed E-state index contributed by atoms with van der Waals surface area (Å²) in [5.41, 5.74) is 0. The van der Waals surface area contributed by atoms with E-state index in [-0.39, 0.29) is 6.10 Å². The van der Waals surface area contributed by atoms with Crippen molar-refractivity contribution in [2.24, 2.45) is 0 Å². The van der Waals surface area contributed by atoms with Crippen LogP contribution in [0.25, 0.3) is 0 Å². The van der Waals surface area contributed by atoms with Gasteiger partial charge in [-0.15, -0.1) is 0 Å². The van der Waals surface area contributed by atoms with Crippen molar-refractivity contribution in [3.8, 4) is 11.5 Å². The highest BCUT2D eigenvalue weighted by Gasteiger charge is 2.20. The lowest BCUT2D eigenvalue weighted by Gasteiger charge is -2.16. The van der Waals surface area contributed by atoms with Crippen molar-refractivity contribution in [2.45, 2.75) is 31.8 Å². The van der Waals surface area contributed by atoms with Gasteiger partial charge in [-0.05, 0) is 37.8 Å². The second-order valence-corrected chi connectivity index (χ2v) is 3.92. The third kappa shape index (κ3) is 2.90. The maximum absolute atomic E-state index is 8.77. The van der Waals surface area contributed by atoms with Crippen molar-refractivity contribution in [2.75, 3.05) is 0 Å². The number of rotatable bonds is 4. The lowest BCUT2D eigenvalue weighted by Crippen LogP contribution is -2.21. The number of para-hydroxylation sites is 2. The van der Waals surface area contributed by atoms with Crippen LogP contribution >= 0.6 is 0 Å². The SMILES string of the molecule is OB(O)Oc1ccccc1OC1CCCC1. The van der Waals surface area contributed by atoms with Crippen LogP contribution < -0.4 is 9.39 Å². The Balaban J connectivity index is 2.06. The standard InChI is InChI=1S/C11H15BO4/c13-12(14)16-11-8-4-3-7-10(11)15-9-5-1-2-6-9/h3-4,7-9,13-14H,1-2,5-6H2. The fraction of sp³-hybridized carbons (Fsp3) is 0.455. The van der Waals surface area contributed by atoms with Gasteiger partial charge in [-0.3, -0.25) is 0 Å². The minimum absolute atomic E-state index is 0.223. The zero-order chi connectivity index (χ0) is 11.4. The van der Waals surface area contributed by atoms with Gasteiger partial charge >= 0.3 is 7.32 Å². The first-order valence-corrected chi connectivity index (χ1v) is 5.54. The van der Waals surface area contributed by atoms with Crippen molar-refractivity contribution in [3.63, 3.8) is 0 Å². The summed E-state index contributed by atoms with van der Waals surface area (Å²) in [6.07, 6.45) is 4.71. The molecule has 0 aliphatic heterocycles. The van der Waals surface area contributed by atoms with Gasteiger partial charge in [0.15, 0.2) is 5.75 Å². The lowest BCUT2D eigenvalue weighted by molar-refractivity contribution is 0.199. The van der Waals surface area contributed by atoms with Gasteiger partial charge in [-0.25, -0.2) is 0 Å². The Morgan fingerprint density at radius 1 is 1.06 bits per heavy atom. The van der Waals surface area contributed by atoms with E-state index in [0.717, 1.165) is 12.8 Å². The maximum Gasteiger partial charge on any atom is 0.707 e. The van der Waals surface area contributed by atoms with Crippen LogP contribution in [-0.4, -0.2) is 23.5 Å². The molecule has 1 aromatic rings. The van der Waals surface area contributed by atoms with E-state index in [1.54, 1.807) is 18.2 Å². The zero-order valence-corrected chi connectivity index (χ0v) is 9.00. The molecule has 0 amide bonds. The molecule has 4 nitrogen and oxygen atoms in total. The maximum atomic E-state index is 8.77. The van der Waals surface area contributed by atoms with Crippen LogP contribution in [0.5, 0.6) is 11.5 Å². The molecule has 0 spiro atoms. The third-order valence-corrected chi connectivity index (χ3v) is 2.68. The van der Waals surface area contributed by atoms with Crippen LogP contribution in [0.1, 0.15) is 25.7 Å². The molecule has 2 N–H and O–H groups in total. The molecule has 2 rings (SSSR count). The van der Waals surface area contributed by atoms with E-state index < -0.39 is 7.32 Å². The number of hydrogen-bond donors (Lipinski definition) is 2. The van der Waals surface area contributed by atoms with Crippen molar-refractivity contribution in [1.29, 1.82) is 0 Å². The summed E-state index contributed by atoms with van der Waals surface area (Å²) in [6.45, 7) is 0. The Bertz CT molecular complexity index is 337. The molecule has 0 bridgehead atoms. The van der Waals surface area contributed by atoms with Gasteiger partial charge in [-0.1, -0.05) is 12.1 Å². The van der Waals surface area contributed by atoms with Crippen molar-refractivity contribution in [1.82, 2.24) is 0 Å². The number of ether oxygens (including phenoxy) is 1. The van der Waals surface area contributed by atoms with E-state index in [1.165, 1.54) is 12.8 Å². The summed E-state index contributed by atoms with van der Waals surface area (Å²) >= 11 is 0. The van der Waals surface area contributed by atoms with Gasteiger partial charge in [0, 0.05) is 0 Å². The zero-order valence-electron chi connectivity index (χ0n) is 9.00. The molecular weight excluding hydrogens is 207 g/mol. The van der Waals surface area contributed by atoms with E-state index in [1.807, 2.05) is 6.07 Å². The lowest BCUT2D eigenvalue weighted by atomic mass is 10.2. The Morgan fingerprint density at radius 3 is 2.31 bits per heavy atom. The van der Waals surface area contributed by atoms with Crippen LogP contribution in [0.3, 0.4) is 0 Å². The fourth-order valence-corrected chi connectivity index (χ4v) is 1.94. The normalized spacial score (nSPS) is 16.1. The molecule has 1 aromatic carbocycles. The summed E-state index contributed by atoms with van der Waals surface area (Å²) in [4.78, 5) is 0. The molecule has 86 valence electrons. The summed E-state index contributed by atoms with van der Waals surface area (Å²) in [6, 6.07) is 7.03. The minimum Gasteiger partial charge on any atom is -0.509 e. The molecule has 5 heteroatoms. The highest BCUT2D eigenvalue weighted by molar-refractivity contribution is 6.33. The van der Waals surface area contributed by atoms with E-state index in [2.05, 4.69) is 0 Å². The molecule has 1 fully saturated rings. The predicted molar refractivity (Wildman–Crippen MR) is 60.1 cm³/mol. The molecule has 1 aliphatic carbocycles. The van der Waals surface area contributed by atoms with Crippen LogP contribution in [0.4, 0.5) is 0 Å². The van der Waals surface area contributed by atoms with E-state index >= 15 is 0 Å². The summed E-state index contributed by atoms with van der Waals surface area (Å²) in [5.74, 6) is 0.937. The first kappa shape index (κ1) is 11.3. The van der Waals surface area contributed by atoms with Gasteiger partial charge in [0.05, 0.1) is 6.10 Å². The molecule has 1 aliphatic rings. The molecule has 0 saturated heterocycles. The molecule has 0 radical (unpaired) electrons. The van der Waals surface area contributed by atoms with Crippen LogP contribution in [0, 0.1) is 0 Å². The van der Waals surface area contributed by atoms with Crippen LogP contribution in [0.2, 0.25) is 0 Å². The highest BCUT2D eigenvalue weighted by Crippen LogP contribution is 2.31. The summed E-state index contributed by atoms with van der Waals surface area (Å²) in [5, 5.41) is 17.5. The average Bonchev–Trinajstić information content (AvgIpc) is 2.73. The highest BCUT2D eigenvalue weighted by atomic mass is 16.6. The summed E-state index contributed by atoms with van der Waals surface area (Å²) < 4.78 is 10.6. The predicted octanol–water partition coefficient (Wildman–Crippen LogP) is 1.36. The molecule has 16 heavy (non-hydrogen) atoms. The second-order valence-electron chi connectivity index (χ2n) is 3.92. The largest absolute Gasteiger partial charge is 0.707 e. The van der Waals surface area contributed by atoms with Crippen molar-refractivity contribution >= 4 is 7.32 Å². The Hall–Kier alpha value is -1.20. The van der Waals surface area contributed by atoms with Gasteiger partial charge in [0.1, 0.15) is 5.75 Å². The number of benzene rings is 1. The van der Waals surface area contributed by atoms with Crippen LogP contribution in [0.15, 0.2) is 24.3 Å². The van der Waals surface area contributed by atoms with Gasteiger partial charge < -0.3 is 19.4 Å². The Morgan fingerprint density at radius 2 is 1.69 bits per heavy atom. The van der Waals surface area contributed by atoms with E-state index in [0.29, 0.717) is 11.5 Å². The quantitative estimate of drug-likeness (QED) is 0.755. The fourth-order valence-electron chi connectivity index (χ4n) is 1.94. The molecule has 0 heterocycles. The number of hydrogen-bond acceptors (Lipinski definition) is 4. The van der Waals surface area contributed by atoms with Gasteiger partial charge in [0.25, 0.3) is 0 Å². The Kier molecular flexibility index (Phi) is 3.69. The third-order valence-electron chi connectivity index (χ3n) is 2.68. The minimum atomic E-state index is -1.81. The average molecular weight is 222 g/mol. The van der Waals surface area contributed by atoms with E-state index in [4.69, 9.17) is 19.4 Å². The Labute approximate surface area is 95.0 Å². The molecular formula is C11H15BO4.